The second kappa shape index (κ2) is 6.68. The first kappa shape index (κ1) is 14.8. The minimum absolute atomic E-state index is 0.394. The van der Waals surface area contributed by atoms with Crippen molar-refractivity contribution in [1.29, 1.82) is 0 Å². The molecule has 0 unspecified atom stereocenters. The number of nitrogens with one attached hydrogen (secondary N) is 1. The highest BCUT2D eigenvalue weighted by molar-refractivity contribution is 6.30. The molecule has 106 valence electrons. The zero-order chi connectivity index (χ0) is 14.5. The molecule has 0 spiro atoms. The van der Waals surface area contributed by atoms with E-state index in [0.717, 1.165) is 16.8 Å². The zero-order valence-corrected chi connectivity index (χ0v) is 12.6. The van der Waals surface area contributed by atoms with Gasteiger partial charge in [0.2, 0.25) is 5.88 Å². The third kappa shape index (κ3) is 3.46. The molecule has 0 aliphatic rings. The van der Waals surface area contributed by atoms with Crippen LogP contribution in [-0.2, 0) is 6.54 Å². The van der Waals surface area contributed by atoms with Gasteiger partial charge in [-0.2, -0.15) is 0 Å². The Morgan fingerprint density at radius 2 is 2.00 bits per heavy atom. The molecule has 4 nitrogen and oxygen atoms in total. The smallest absolute Gasteiger partial charge is 0.240 e. The standard InChI is InChI=1S/C15H18ClN3O/c1-10(2)19-9-11-8-12(16)4-5-13(11)14-15(20-3)18-7-6-17-14/h4-8,10,19H,9H2,1-3H3. The molecular formula is C15H18ClN3O. The summed E-state index contributed by atoms with van der Waals surface area (Å²) in [5.74, 6) is 0.514. The normalized spacial score (nSPS) is 10.8. The Hall–Kier alpha value is -1.65. The molecule has 0 aliphatic heterocycles. The molecule has 0 aliphatic carbocycles. The van der Waals surface area contributed by atoms with Crippen LogP contribution in [-0.4, -0.2) is 23.1 Å². The van der Waals surface area contributed by atoms with Crippen LogP contribution in [0.5, 0.6) is 5.88 Å². The minimum atomic E-state index is 0.394. The van der Waals surface area contributed by atoms with Crippen LogP contribution in [0.4, 0.5) is 0 Å². The van der Waals surface area contributed by atoms with Crippen molar-refractivity contribution in [3.8, 4) is 17.1 Å². The highest BCUT2D eigenvalue weighted by atomic mass is 35.5. The minimum Gasteiger partial charge on any atom is -0.479 e. The van der Waals surface area contributed by atoms with Crippen LogP contribution in [0.1, 0.15) is 19.4 Å². The number of benzene rings is 1. The molecule has 2 rings (SSSR count). The molecule has 2 aromatic rings. The van der Waals surface area contributed by atoms with Crippen LogP contribution in [0.3, 0.4) is 0 Å². The Kier molecular flexibility index (Phi) is 4.93. The lowest BCUT2D eigenvalue weighted by molar-refractivity contribution is 0.397. The second-order valence-corrected chi connectivity index (χ2v) is 5.19. The van der Waals surface area contributed by atoms with Gasteiger partial charge < -0.3 is 10.1 Å². The van der Waals surface area contributed by atoms with Crippen molar-refractivity contribution in [3.05, 3.63) is 41.2 Å². The summed E-state index contributed by atoms with van der Waals surface area (Å²) in [5.41, 5.74) is 2.78. The maximum absolute atomic E-state index is 6.10. The number of nitrogens with zero attached hydrogens (tertiary/aromatic N) is 2. The summed E-state index contributed by atoms with van der Waals surface area (Å²) < 4.78 is 5.28. The maximum Gasteiger partial charge on any atom is 0.240 e. The van der Waals surface area contributed by atoms with Gasteiger partial charge in [-0.15, -0.1) is 0 Å². The molecular weight excluding hydrogens is 274 g/mol. The maximum atomic E-state index is 6.10. The molecule has 0 bridgehead atoms. The van der Waals surface area contributed by atoms with Crippen LogP contribution in [0.15, 0.2) is 30.6 Å². The van der Waals surface area contributed by atoms with Crippen LogP contribution < -0.4 is 10.1 Å². The SMILES string of the molecule is COc1nccnc1-c1ccc(Cl)cc1CNC(C)C. The summed E-state index contributed by atoms with van der Waals surface area (Å²) in [6.45, 7) is 4.92. The van der Waals surface area contributed by atoms with E-state index in [1.807, 2.05) is 18.2 Å². The van der Waals surface area contributed by atoms with E-state index in [-0.39, 0.29) is 0 Å². The third-order valence-electron chi connectivity index (χ3n) is 2.88. The van der Waals surface area contributed by atoms with Gasteiger partial charge in [0.25, 0.3) is 0 Å². The number of hydrogen-bond acceptors (Lipinski definition) is 4. The lowest BCUT2D eigenvalue weighted by Gasteiger charge is -2.14. The molecule has 5 heteroatoms. The zero-order valence-electron chi connectivity index (χ0n) is 11.9. The van der Waals surface area contributed by atoms with E-state index in [2.05, 4.69) is 29.1 Å². The molecule has 0 atom stereocenters. The fourth-order valence-electron chi connectivity index (χ4n) is 1.91. The molecule has 20 heavy (non-hydrogen) atoms. The van der Waals surface area contributed by atoms with Crippen molar-refractivity contribution in [2.75, 3.05) is 7.11 Å². The monoisotopic (exact) mass is 291 g/mol. The lowest BCUT2D eigenvalue weighted by atomic mass is 10.0. The van der Waals surface area contributed by atoms with Gasteiger partial charge in [0.15, 0.2) is 0 Å². The number of ether oxygens (including phenoxy) is 1. The van der Waals surface area contributed by atoms with Gasteiger partial charge in [-0.25, -0.2) is 9.97 Å². The first-order chi connectivity index (χ1) is 9.61. The second-order valence-electron chi connectivity index (χ2n) is 4.75. The lowest BCUT2D eigenvalue weighted by Crippen LogP contribution is -2.22. The summed E-state index contributed by atoms with van der Waals surface area (Å²) in [4.78, 5) is 8.57. The Morgan fingerprint density at radius 1 is 1.25 bits per heavy atom. The average Bonchev–Trinajstić information content (AvgIpc) is 2.45. The fraction of sp³-hybridized carbons (Fsp3) is 0.333. The first-order valence-corrected chi connectivity index (χ1v) is 6.86. The molecule has 1 aromatic heterocycles. The van der Waals surface area contributed by atoms with Crippen LogP contribution in [0.2, 0.25) is 5.02 Å². The van der Waals surface area contributed by atoms with Crippen molar-refractivity contribution in [2.45, 2.75) is 26.4 Å². The van der Waals surface area contributed by atoms with E-state index in [1.165, 1.54) is 0 Å². The van der Waals surface area contributed by atoms with Crippen LogP contribution in [0, 0.1) is 0 Å². The van der Waals surface area contributed by atoms with Gasteiger partial charge in [-0.3, -0.25) is 0 Å². The van der Waals surface area contributed by atoms with Gasteiger partial charge >= 0.3 is 0 Å². The fourth-order valence-corrected chi connectivity index (χ4v) is 2.11. The van der Waals surface area contributed by atoms with E-state index >= 15 is 0 Å². The number of halogens is 1. The Labute approximate surface area is 124 Å². The van der Waals surface area contributed by atoms with Gasteiger partial charge in [-0.05, 0) is 17.7 Å². The topological polar surface area (TPSA) is 47.0 Å². The van der Waals surface area contributed by atoms with Crippen molar-refractivity contribution in [1.82, 2.24) is 15.3 Å². The van der Waals surface area contributed by atoms with Crippen molar-refractivity contribution in [2.24, 2.45) is 0 Å². The van der Waals surface area contributed by atoms with Gasteiger partial charge in [0, 0.05) is 35.6 Å². The summed E-state index contributed by atoms with van der Waals surface area (Å²) >= 11 is 6.10. The molecule has 0 fully saturated rings. The van der Waals surface area contributed by atoms with Crippen molar-refractivity contribution < 1.29 is 4.74 Å². The summed E-state index contributed by atoms with van der Waals surface area (Å²) in [6, 6.07) is 6.14. The van der Waals surface area contributed by atoms with Gasteiger partial charge in [0.1, 0.15) is 5.69 Å². The first-order valence-electron chi connectivity index (χ1n) is 6.49. The molecule has 1 aromatic carbocycles. The molecule has 0 radical (unpaired) electrons. The van der Waals surface area contributed by atoms with Gasteiger partial charge in [0.05, 0.1) is 7.11 Å². The van der Waals surface area contributed by atoms with Crippen LogP contribution >= 0.6 is 11.6 Å². The summed E-state index contributed by atoms with van der Waals surface area (Å²) in [7, 11) is 1.59. The summed E-state index contributed by atoms with van der Waals surface area (Å²) in [5, 5.41) is 4.09. The molecule has 1 heterocycles. The summed E-state index contributed by atoms with van der Waals surface area (Å²) in [6.07, 6.45) is 3.27. The highest BCUT2D eigenvalue weighted by Gasteiger charge is 2.13. The average molecular weight is 292 g/mol. The van der Waals surface area contributed by atoms with Crippen molar-refractivity contribution in [3.63, 3.8) is 0 Å². The predicted octanol–water partition coefficient (Wildman–Crippen LogP) is 3.30. The number of aromatic nitrogens is 2. The number of rotatable bonds is 5. The molecule has 0 amide bonds. The van der Waals surface area contributed by atoms with Crippen molar-refractivity contribution >= 4 is 11.6 Å². The largest absolute Gasteiger partial charge is 0.479 e. The molecule has 0 saturated heterocycles. The van der Waals surface area contributed by atoms with Gasteiger partial charge in [-0.1, -0.05) is 31.5 Å². The van der Waals surface area contributed by atoms with E-state index in [1.54, 1.807) is 19.5 Å². The number of hydrogen-bond donors (Lipinski definition) is 1. The third-order valence-corrected chi connectivity index (χ3v) is 3.12. The molecule has 1 N–H and O–H groups in total. The van der Waals surface area contributed by atoms with E-state index in [0.29, 0.717) is 23.5 Å². The Morgan fingerprint density at radius 3 is 2.70 bits per heavy atom. The highest BCUT2D eigenvalue weighted by Crippen LogP contribution is 2.30. The van der Waals surface area contributed by atoms with E-state index in [9.17, 15) is 0 Å². The van der Waals surface area contributed by atoms with Crippen LogP contribution in [0.25, 0.3) is 11.3 Å². The Balaban J connectivity index is 2.44. The quantitative estimate of drug-likeness (QED) is 0.918. The van der Waals surface area contributed by atoms with E-state index < -0.39 is 0 Å². The number of methoxy groups -OCH3 is 1. The van der Waals surface area contributed by atoms with E-state index in [4.69, 9.17) is 16.3 Å². The predicted molar refractivity (Wildman–Crippen MR) is 81.0 cm³/mol. The molecule has 0 saturated carbocycles. The Bertz CT molecular complexity index is 587.